The van der Waals surface area contributed by atoms with Crippen LogP contribution in [0.5, 0.6) is 5.75 Å². The highest BCUT2D eigenvalue weighted by Gasteiger charge is 2.23. The zero-order chi connectivity index (χ0) is 17.3. The van der Waals surface area contributed by atoms with Gasteiger partial charge >= 0.3 is 6.16 Å². The molecule has 0 aliphatic heterocycles. The molecule has 3 rings (SSSR count). The summed E-state index contributed by atoms with van der Waals surface area (Å²) in [6.07, 6.45) is 0.217. The third-order valence-electron chi connectivity index (χ3n) is 3.83. The summed E-state index contributed by atoms with van der Waals surface area (Å²) in [5.74, 6) is 0.391. The summed E-state index contributed by atoms with van der Waals surface area (Å²) in [6, 6.07) is 11.7. The van der Waals surface area contributed by atoms with Crippen molar-refractivity contribution in [1.82, 2.24) is 9.55 Å². The fourth-order valence-corrected chi connectivity index (χ4v) is 3.07. The van der Waals surface area contributed by atoms with Crippen molar-refractivity contribution in [3.8, 4) is 5.75 Å². The molecule has 2 aromatic heterocycles. The summed E-state index contributed by atoms with van der Waals surface area (Å²) < 4.78 is 7.13. The Balaban J connectivity index is 2.26. The molecule has 0 saturated heterocycles. The highest BCUT2D eigenvalue weighted by atomic mass is 35.5. The molecule has 0 saturated carbocycles. The van der Waals surface area contributed by atoms with Crippen molar-refractivity contribution in [2.75, 3.05) is 0 Å². The van der Waals surface area contributed by atoms with Gasteiger partial charge in [0.1, 0.15) is 5.15 Å². The highest BCUT2D eigenvalue weighted by molar-refractivity contribution is 6.30. The Bertz CT molecular complexity index is 888. The molecule has 24 heavy (non-hydrogen) atoms. The van der Waals surface area contributed by atoms with E-state index in [0.29, 0.717) is 22.8 Å². The number of hydrogen-bond donors (Lipinski definition) is 1. The number of pyridine rings is 1. The molecule has 0 spiro atoms. The van der Waals surface area contributed by atoms with E-state index in [1.807, 2.05) is 48.7 Å². The molecule has 0 aliphatic carbocycles. The van der Waals surface area contributed by atoms with Crippen LogP contribution in [0.3, 0.4) is 0 Å². The zero-order valence-corrected chi connectivity index (χ0v) is 14.1. The third-order valence-corrected chi connectivity index (χ3v) is 4.03. The van der Waals surface area contributed by atoms with E-state index in [1.165, 1.54) is 0 Å². The minimum absolute atomic E-state index is 0.0641. The number of carbonyl (C=O) groups is 1. The average Bonchev–Trinajstić information content (AvgIpc) is 2.81. The fourth-order valence-electron chi connectivity index (χ4n) is 2.91. The molecule has 0 atom stereocenters. The largest absolute Gasteiger partial charge is 0.511 e. The SMILES string of the molecule is CC(C)c1c(OC(=O)O)c2cnc(Cl)cc2n1Cc1ccccc1. The van der Waals surface area contributed by atoms with Crippen LogP contribution >= 0.6 is 11.6 Å². The molecule has 124 valence electrons. The Hall–Kier alpha value is -2.53. The van der Waals surface area contributed by atoms with Gasteiger partial charge in [-0.3, -0.25) is 0 Å². The molecular weight excluding hydrogens is 328 g/mol. The quantitative estimate of drug-likeness (QED) is 0.539. The summed E-state index contributed by atoms with van der Waals surface area (Å²) >= 11 is 6.06. The predicted molar refractivity (Wildman–Crippen MR) is 93.0 cm³/mol. The second-order valence-electron chi connectivity index (χ2n) is 5.83. The van der Waals surface area contributed by atoms with Crippen molar-refractivity contribution in [1.29, 1.82) is 0 Å². The van der Waals surface area contributed by atoms with Gasteiger partial charge in [-0.1, -0.05) is 55.8 Å². The lowest BCUT2D eigenvalue weighted by Gasteiger charge is -2.14. The second kappa shape index (κ2) is 6.53. The number of ether oxygens (including phenoxy) is 1. The Labute approximate surface area is 144 Å². The van der Waals surface area contributed by atoms with E-state index in [0.717, 1.165) is 16.8 Å². The monoisotopic (exact) mass is 344 g/mol. The van der Waals surface area contributed by atoms with Gasteiger partial charge in [0.05, 0.1) is 16.6 Å². The number of carboxylic acid groups (broad SMARTS) is 1. The molecule has 1 N–H and O–H groups in total. The maximum absolute atomic E-state index is 11.1. The summed E-state index contributed by atoms with van der Waals surface area (Å²) in [4.78, 5) is 15.2. The van der Waals surface area contributed by atoms with Gasteiger partial charge in [0.25, 0.3) is 0 Å². The van der Waals surface area contributed by atoms with Crippen LogP contribution in [0.1, 0.15) is 31.0 Å². The third kappa shape index (κ3) is 3.08. The number of hydrogen-bond acceptors (Lipinski definition) is 3. The van der Waals surface area contributed by atoms with Gasteiger partial charge in [0.15, 0.2) is 5.75 Å². The van der Waals surface area contributed by atoms with Gasteiger partial charge in [-0.05, 0) is 17.5 Å². The minimum Gasteiger partial charge on any atom is -0.449 e. The number of aromatic nitrogens is 2. The number of fused-ring (bicyclic) bond motifs is 1. The summed E-state index contributed by atoms with van der Waals surface area (Å²) in [5, 5.41) is 10.1. The molecule has 2 heterocycles. The summed E-state index contributed by atoms with van der Waals surface area (Å²) in [5.41, 5.74) is 2.71. The number of benzene rings is 1. The van der Waals surface area contributed by atoms with Gasteiger partial charge in [-0.15, -0.1) is 0 Å². The van der Waals surface area contributed by atoms with E-state index < -0.39 is 6.16 Å². The van der Waals surface area contributed by atoms with Gasteiger partial charge in [-0.2, -0.15) is 0 Å². The smallest absolute Gasteiger partial charge is 0.449 e. The molecule has 5 nitrogen and oxygen atoms in total. The number of nitrogens with zero attached hydrogens (tertiary/aromatic N) is 2. The first-order chi connectivity index (χ1) is 11.5. The van der Waals surface area contributed by atoms with Crippen LogP contribution in [0.25, 0.3) is 10.9 Å². The van der Waals surface area contributed by atoms with Crippen molar-refractivity contribution < 1.29 is 14.6 Å². The lowest BCUT2D eigenvalue weighted by Crippen LogP contribution is -2.09. The molecule has 6 heteroatoms. The molecule has 0 amide bonds. The van der Waals surface area contributed by atoms with E-state index in [1.54, 1.807) is 12.3 Å². The number of rotatable bonds is 4. The Morgan fingerprint density at radius 3 is 2.67 bits per heavy atom. The summed E-state index contributed by atoms with van der Waals surface area (Å²) in [6.45, 7) is 4.59. The van der Waals surface area contributed by atoms with E-state index in [4.69, 9.17) is 21.4 Å². The fraction of sp³-hybridized carbons (Fsp3) is 0.222. The highest BCUT2D eigenvalue weighted by Crippen LogP contribution is 2.38. The van der Waals surface area contributed by atoms with Crippen LogP contribution in [0.2, 0.25) is 5.15 Å². The molecular formula is C18H17ClN2O3. The topological polar surface area (TPSA) is 64.3 Å². The maximum atomic E-state index is 11.1. The summed E-state index contributed by atoms with van der Waals surface area (Å²) in [7, 11) is 0. The normalized spacial score (nSPS) is 11.2. The molecule has 0 bridgehead atoms. The van der Waals surface area contributed by atoms with Crippen molar-refractivity contribution in [2.45, 2.75) is 26.3 Å². The molecule has 1 aromatic carbocycles. The van der Waals surface area contributed by atoms with Crippen molar-refractivity contribution in [3.63, 3.8) is 0 Å². The van der Waals surface area contributed by atoms with Gasteiger partial charge in [0.2, 0.25) is 0 Å². The Kier molecular flexibility index (Phi) is 4.44. The van der Waals surface area contributed by atoms with E-state index in [9.17, 15) is 4.79 Å². The molecule has 3 aromatic rings. The van der Waals surface area contributed by atoms with Crippen molar-refractivity contribution >= 4 is 28.7 Å². The van der Waals surface area contributed by atoms with Crippen LogP contribution in [-0.2, 0) is 6.54 Å². The Morgan fingerprint density at radius 1 is 1.33 bits per heavy atom. The standard InChI is InChI=1S/C18H17ClN2O3/c1-11(2)16-17(24-18(22)23)13-9-20-15(19)8-14(13)21(16)10-12-6-4-3-5-7-12/h3-9,11H,10H2,1-2H3,(H,22,23). The lowest BCUT2D eigenvalue weighted by atomic mass is 10.1. The van der Waals surface area contributed by atoms with E-state index in [-0.39, 0.29) is 5.92 Å². The molecule has 0 unspecified atom stereocenters. The van der Waals surface area contributed by atoms with Crippen LogP contribution in [0, 0.1) is 0 Å². The average molecular weight is 345 g/mol. The van der Waals surface area contributed by atoms with Gasteiger partial charge in [0, 0.05) is 12.7 Å². The van der Waals surface area contributed by atoms with Crippen LogP contribution in [-0.4, -0.2) is 20.8 Å². The Morgan fingerprint density at radius 2 is 2.04 bits per heavy atom. The van der Waals surface area contributed by atoms with E-state index in [2.05, 4.69) is 4.98 Å². The molecule has 0 aliphatic rings. The molecule has 0 radical (unpaired) electrons. The first-order valence-electron chi connectivity index (χ1n) is 7.59. The minimum atomic E-state index is -1.34. The number of halogens is 1. The van der Waals surface area contributed by atoms with Crippen molar-refractivity contribution in [3.05, 3.63) is 59.0 Å². The van der Waals surface area contributed by atoms with Crippen molar-refractivity contribution in [2.24, 2.45) is 0 Å². The van der Waals surface area contributed by atoms with Gasteiger partial charge in [-0.25, -0.2) is 9.78 Å². The van der Waals surface area contributed by atoms with Crippen LogP contribution < -0.4 is 4.74 Å². The predicted octanol–water partition coefficient (Wildman–Crippen LogP) is 4.92. The second-order valence-corrected chi connectivity index (χ2v) is 6.22. The first kappa shape index (κ1) is 16.3. The van der Waals surface area contributed by atoms with Crippen LogP contribution in [0.4, 0.5) is 4.79 Å². The zero-order valence-electron chi connectivity index (χ0n) is 13.4. The van der Waals surface area contributed by atoms with Crippen LogP contribution in [0.15, 0.2) is 42.6 Å². The van der Waals surface area contributed by atoms with Gasteiger partial charge < -0.3 is 14.4 Å². The van der Waals surface area contributed by atoms with E-state index >= 15 is 0 Å². The first-order valence-corrected chi connectivity index (χ1v) is 7.97. The maximum Gasteiger partial charge on any atom is 0.511 e. The molecule has 0 fully saturated rings. The lowest BCUT2D eigenvalue weighted by molar-refractivity contribution is 0.144.